The maximum Gasteiger partial charge on any atom is 0.472 e. The Morgan fingerprint density at radius 3 is 0.811 bits per heavy atom. The molecule has 3 N–H and O–H groups in total. The average molecular weight is 1510 g/mol. The van der Waals surface area contributed by atoms with Gasteiger partial charge in [-0.15, -0.1) is 0 Å². The molecule has 588 valence electrons. The molecule has 0 fully saturated rings. The third-order valence-corrected chi connectivity index (χ3v) is 16.0. The Morgan fingerprint density at radius 2 is 0.509 bits per heavy atom. The SMILES string of the molecule is CC/C=C\C/C=C\C/C=C\C/C=C\C/C=C\C/C=C\CCC(=O)OCC(COP(=O)(O)OCC(O)COP(=O)(O)OCC(COC(=O)C/C=C\C/C=C\C/C=C\C/C=C\C/C=C\CC)OC(=O)C/C=C\C/C=C\C/C=C\C/C=C\C/C=C\CC)OC(=O)CCC/C=C\C/C=C\C/C=C\C/C=C\C/C=C\CC. The van der Waals surface area contributed by atoms with E-state index in [9.17, 15) is 43.2 Å². The lowest BCUT2D eigenvalue weighted by atomic mass is 10.2. The first-order valence-electron chi connectivity index (χ1n) is 37.9. The van der Waals surface area contributed by atoms with Crippen molar-refractivity contribution in [1.29, 1.82) is 0 Å². The molecule has 5 unspecified atom stereocenters. The van der Waals surface area contributed by atoms with Crippen LogP contribution in [0.15, 0.2) is 255 Å². The molecule has 0 aliphatic rings. The Kier molecular flexibility index (Phi) is 70.5. The number of unbranched alkanes of at least 4 members (excludes halogenated alkanes) is 1. The van der Waals surface area contributed by atoms with Crippen molar-refractivity contribution < 1.29 is 80.2 Å². The van der Waals surface area contributed by atoms with E-state index in [4.69, 9.17) is 37.0 Å². The molecule has 0 aromatic carbocycles. The quantitative estimate of drug-likeness (QED) is 0.0169. The average Bonchev–Trinajstić information content (AvgIpc) is 0.902. The van der Waals surface area contributed by atoms with Crippen LogP contribution in [0, 0.1) is 0 Å². The molecule has 19 heteroatoms. The lowest BCUT2D eigenvalue weighted by molar-refractivity contribution is -0.161. The van der Waals surface area contributed by atoms with Gasteiger partial charge in [0.1, 0.15) is 19.3 Å². The first-order valence-corrected chi connectivity index (χ1v) is 40.9. The zero-order valence-corrected chi connectivity index (χ0v) is 65.8. The van der Waals surface area contributed by atoms with Crippen molar-refractivity contribution in [3.05, 3.63) is 255 Å². The molecule has 0 aliphatic heterocycles. The monoisotopic (exact) mass is 1510 g/mol. The van der Waals surface area contributed by atoms with Gasteiger partial charge in [-0.05, 0) is 154 Å². The number of rotatable bonds is 67. The van der Waals surface area contributed by atoms with Crippen molar-refractivity contribution in [3.63, 3.8) is 0 Å². The van der Waals surface area contributed by atoms with Gasteiger partial charge in [-0.3, -0.25) is 37.3 Å². The van der Waals surface area contributed by atoms with Crippen LogP contribution < -0.4 is 0 Å². The predicted octanol–water partition coefficient (Wildman–Crippen LogP) is 22.2. The number of carbonyl (C=O) groups is 4. The van der Waals surface area contributed by atoms with Gasteiger partial charge in [0, 0.05) is 12.8 Å². The normalized spacial score (nSPS) is 15.3. The molecular formula is C87H128O17P2. The molecule has 0 aromatic heterocycles. The maximum absolute atomic E-state index is 13.1. The van der Waals surface area contributed by atoms with Crippen molar-refractivity contribution in [2.24, 2.45) is 0 Å². The molecule has 106 heavy (non-hydrogen) atoms. The first-order chi connectivity index (χ1) is 51.7. The number of carbonyl (C=O) groups excluding carboxylic acids is 4. The Balaban J connectivity index is 5.66. The smallest absolute Gasteiger partial charge is 0.462 e. The van der Waals surface area contributed by atoms with Gasteiger partial charge in [0.25, 0.3) is 0 Å². The molecule has 0 radical (unpaired) electrons. The van der Waals surface area contributed by atoms with Crippen LogP contribution in [0.4, 0.5) is 0 Å². The molecular weight excluding hydrogens is 1380 g/mol. The van der Waals surface area contributed by atoms with Gasteiger partial charge in [0.05, 0.1) is 39.3 Å². The van der Waals surface area contributed by atoms with Crippen LogP contribution in [0.3, 0.4) is 0 Å². The van der Waals surface area contributed by atoms with Gasteiger partial charge < -0.3 is 33.8 Å². The van der Waals surface area contributed by atoms with Gasteiger partial charge in [-0.1, -0.05) is 283 Å². The van der Waals surface area contributed by atoms with Crippen LogP contribution >= 0.6 is 15.6 Å². The molecule has 0 rings (SSSR count). The molecule has 0 aliphatic carbocycles. The summed E-state index contributed by atoms with van der Waals surface area (Å²) in [6.45, 7) is 3.94. The molecule has 5 atom stereocenters. The van der Waals surface area contributed by atoms with Crippen molar-refractivity contribution in [2.75, 3.05) is 39.6 Å². The molecule has 0 saturated heterocycles. The standard InChI is InChI=1S/C87H128O17P2/c1-5-9-13-17-21-25-29-33-37-39-40-42-45-48-52-56-60-64-68-72-85(90)98-78-83(104-87(92)74-70-66-62-58-54-50-46-41-38-34-30-26-22-18-14-10-6-2)80-102-106(95,96)100-76-81(88)75-99-105(93,94)101-79-82(103-86(91)73-69-65-61-57-53-49-44-36-32-28-24-20-16-12-8-4)77-97-84(89)71-67-63-59-55-51-47-43-35-31-27-23-19-15-11-7-3/h9-16,21-28,33-38,40,42-44,46,48,50-53,55,57-58,60,62-65,67,69,81-83,88H,5-8,17-20,29-32,39,41,45,47,49,54,56,59,61,66,68,70-80H2,1-4H3,(H,93,94)(H,95,96)/b13-9-,14-10-,15-11-,16-12-,25-21-,26-22-,27-23-,28-24-,37-33-,38-34-,42-40-,43-35-,44-36-,50-46-,52-48-,55-51-,57-53-,62-58-,64-60-,67-63-,69-65-. The van der Waals surface area contributed by atoms with Crippen LogP contribution in [0.1, 0.15) is 207 Å². The molecule has 0 amide bonds. The Morgan fingerprint density at radius 1 is 0.274 bits per heavy atom. The first kappa shape index (κ1) is 98.6. The van der Waals surface area contributed by atoms with Gasteiger partial charge in [0.15, 0.2) is 12.2 Å². The Hall–Kier alpha value is -7.40. The van der Waals surface area contributed by atoms with E-state index >= 15 is 0 Å². The van der Waals surface area contributed by atoms with Crippen molar-refractivity contribution in [3.8, 4) is 0 Å². The summed E-state index contributed by atoms with van der Waals surface area (Å²) < 4.78 is 68.0. The zero-order valence-electron chi connectivity index (χ0n) is 64.0. The number of hydrogen-bond acceptors (Lipinski definition) is 15. The fourth-order valence-corrected chi connectivity index (χ4v) is 10.1. The van der Waals surface area contributed by atoms with Crippen molar-refractivity contribution in [2.45, 2.75) is 226 Å². The van der Waals surface area contributed by atoms with Crippen molar-refractivity contribution in [1.82, 2.24) is 0 Å². The highest BCUT2D eigenvalue weighted by atomic mass is 31.2. The highest BCUT2D eigenvalue weighted by Crippen LogP contribution is 2.45. The van der Waals surface area contributed by atoms with Crippen LogP contribution in [0.25, 0.3) is 0 Å². The molecule has 0 saturated carbocycles. The summed E-state index contributed by atoms with van der Waals surface area (Å²) in [6.07, 6.45) is 101. The minimum absolute atomic E-state index is 0.00712. The highest BCUT2D eigenvalue weighted by Gasteiger charge is 2.30. The van der Waals surface area contributed by atoms with Gasteiger partial charge in [-0.2, -0.15) is 0 Å². The van der Waals surface area contributed by atoms with E-state index in [1.54, 1.807) is 24.3 Å². The summed E-state index contributed by atoms with van der Waals surface area (Å²) in [6, 6.07) is 0. The molecule has 0 spiro atoms. The maximum atomic E-state index is 13.1. The summed E-state index contributed by atoms with van der Waals surface area (Å²) in [7, 11) is -10.1. The van der Waals surface area contributed by atoms with Gasteiger partial charge in [0.2, 0.25) is 0 Å². The summed E-state index contributed by atoms with van der Waals surface area (Å²) in [5.74, 6) is -2.69. The lowest BCUT2D eigenvalue weighted by Gasteiger charge is -2.21. The third-order valence-electron chi connectivity index (χ3n) is 14.1. The largest absolute Gasteiger partial charge is 0.472 e. The summed E-state index contributed by atoms with van der Waals surface area (Å²) >= 11 is 0. The predicted molar refractivity (Wildman–Crippen MR) is 435 cm³/mol. The van der Waals surface area contributed by atoms with E-state index in [1.165, 1.54) is 0 Å². The zero-order chi connectivity index (χ0) is 77.4. The third kappa shape index (κ3) is 74.9. The van der Waals surface area contributed by atoms with E-state index in [2.05, 4.69) is 204 Å². The van der Waals surface area contributed by atoms with Crippen molar-refractivity contribution >= 4 is 39.5 Å². The summed E-state index contributed by atoms with van der Waals surface area (Å²) in [5, 5.41) is 10.6. The fourth-order valence-electron chi connectivity index (χ4n) is 8.49. The van der Waals surface area contributed by atoms with E-state index in [0.29, 0.717) is 38.5 Å². The van der Waals surface area contributed by atoms with E-state index in [0.717, 1.165) is 116 Å². The van der Waals surface area contributed by atoms with E-state index in [1.807, 2.05) is 54.7 Å². The fraction of sp³-hybridized carbons (Fsp3) is 0.471. The van der Waals surface area contributed by atoms with Crippen LogP contribution in [0.2, 0.25) is 0 Å². The second-order valence-corrected chi connectivity index (χ2v) is 26.6. The Labute approximate surface area is 637 Å². The minimum atomic E-state index is -5.05. The van der Waals surface area contributed by atoms with E-state index < -0.39 is 97.5 Å². The number of allylic oxidation sites excluding steroid dienone is 40. The molecule has 0 aromatic rings. The molecule has 0 heterocycles. The van der Waals surface area contributed by atoms with Gasteiger partial charge in [-0.25, -0.2) is 9.13 Å². The highest BCUT2D eigenvalue weighted by molar-refractivity contribution is 7.47. The number of phosphoric ester groups is 2. The van der Waals surface area contributed by atoms with Gasteiger partial charge >= 0.3 is 39.5 Å². The number of ether oxygens (including phenoxy) is 4. The molecule has 17 nitrogen and oxygen atoms in total. The van der Waals surface area contributed by atoms with E-state index in [-0.39, 0.29) is 25.7 Å². The lowest BCUT2D eigenvalue weighted by Crippen LogP contribution is -2.30. The Bertz CT molecular complexity index is 3030. The number of hydrogen-bond donors (Lipinski definition) is 3. The minimum Gasteiger partial charge on any atom is -0.462 e. The van der Waals surface area contributed by atoms with Crippen LogP contribution in [-0.4, -0.2) is 96.7 Å². The molecule has 0 bridgehead atoms. The van der Waals surface area contributed by atoms with Crippen LogP contribution in [0.5, 0.6) is 0 Å². The number of phosphoric acid groups is 2. The topological polar surface area (TPSA) is 237 Å². The van der Waals surface area contributed by atoms with Crippen LogP contribution in [-0.2, 0) is 65.4 Å². The summed E-state index contributed by atoms with van der Waals surface area (Å²) in [4.78, 5) is 72.7. The summed E-state index contributed by atoms with van der Waals surface area (Å²) in [5.41, 5.74) is 0. The second kappa shape index (κ2) is 75.8. The number of aliphatic hydroxyl groups is 1. The second-order valence-electron chi connectivity index (χ2n) is 23.7. The number of esters is 4. The number of aliphatic hydroxyl groups excluding tert-OH is 1.